The molecule has 182 valence electrons. The van der Waals surface area contributed by atoms with E-state index in [0.717, 1.165) is 0 Å². The molecule has 0 aromatic heterocycles. The Morgan fingerprint density at radius 1 is 0.568 bits per heavy atom. The van der Waals surface area contributed by atoms with Gasteiger partial charge in [-0.25, -0.2) is 0 Å². The van der Waals surface area contributed by atoms with E-state index in [2.05, 4.69) is 157 Å². The average Bonchev–Trinajstić information content (AvgIpc) is 3.66. The minimum absolute atomic E-state index is 0.0388. The molecule has 6 rings (SSSR count). The minimum atomic E-state index is -0.630. The predicted molar refractivity (Wildman–Crippen MR) is 150 cm³/mol. The van der Waals surface area contributed by atoms with Gasteiger partial charge in [0.05, 0.1) is 23.7 Å². The monoisotopic (exact) mass is 481 g/mol. The van der Waals surface area contributed by atoms with E-state index >= 15 is 0 Å². The first kappa shape index (κ1) is 23.4. The summed E-state index contributed by atoms with van der Waals surface area (Å²) in [5.41, 5.74) is 5.99. The van der Waals surface area contributed by atoms with E-state index in [4.69, 9.17) is 0 Å². The summed E-state index contributed by atoms with van der Waals surface area (Å²) in [6.45, 7) is 2.17. The van der Waals surface area contributed by atoms with Gasteiger partial charge in [0.15, 0.2) is 0 Å². The first-order valence-corrected chi connectivity index (χ1v) is 12.9. The van der Waals surface area contributed by atoms with Gasteiger partial charge in [-0.15, -0.1) is 0 Å². The lowest BCUT2D eigenvalue weighted by atomic mass is 9.75. The quantitative estimate of drug-likeness (QED) is 0.202. The van der Waals surface area contributed by atoms with Crippen molar-refractivity contribution in [3.05, 3.63) is 179 Å². The maximum atomic E-state index is 11.0. The number of aliphatic hydroxyl groups excluding tert-OH is 1. The van der Waals surface area contributed by atoms with Crippen LogP contribution >= 0.6 is 0 Å². The molecule has 2 heteroatoms. The lowest BCUT2D eigenvalue weighted by Crippen LogP contribution is -2.42. The van der Waals surface area contributed by atoms with Gasteiger partial charge in [0.25, 0.3) is 0 Å². The third-order valence-electron chi connectivity index (χ3n) is 7.92. The lowest BCUT2D eigenvalue weighted by molar-refractivity contribution is 0.231. The molecule has 0 bridgehead atoms. The van der Waals surface area contributed by atoms with Crippen LogP contribution in [0.4, 0.5) is 0 Å². The molecule has 0 saturated carbocycles. The van der Waals surface area contributed by atoms with E-state index in [1.165, 1.54) is 33.4 Å². The van der Waals surface area contributed by atoms with E-state index in [0.29, 0.717) is 0 Å². The third kappa shape index (κ3) is 3.56. The molecular formula is C35H31NO. The van der Waals surface area contributed by atoms with Gasteiger partial charge >= 0.3 is 0 Å². The van der Waals surface area contributed by atoms with Crippen molar-refractivity contribution in [2.45, 2.75) is 24.0 Å². The summed E-state index contributed by atoms with van der Waals surface area (Å²) in [6, 6.07) is 51.6. The molecule has 1 heterocycles. The van der Waals surface area contributed by atoms with E-state index in [1.54, 1.807) is 0 Å². The Hall–Kier alpha value is -3.98. The zero-order valence-corrected chi connectivity index (χ0v) is 21.0. The van der Waals surface area contributed by atoms with Crippen LogP contribution in [0.1, 0.15) is 33.4 Å². The van der Waals surface area contributed by atoms with E-state index in [1.807, 2.05) is 0 Å². The van der Waals surface area contributed by atoms with Crippen molar-refractivity contribution in [2.75, 3.05) is 6.61 Å². The first-order chi connectivity index (χ1) is 18.2. The Balaban J connectivity index is 1.73. The largest absolute Gasteiger partial charge is 0.395 e. The number of hydrogen-bond donors (Lipinski definition) is 1. The molecule has 2 unspecified atom stereocenters. The topological polar surface area (TPSA) is 23.2 Å². The molecule has 2 nitrogen and oxygen atoms in total. The smallest absolute Gasteiger partial charge is 0.0987 e. The molecular weight excluding hydrogens is 450 g/mol. The Labute approximate surface area is 219 Å². The number of nitrogens with zero attached hydrogens (tertiary/aromatic N) is 1. The number of aryl methyl sites for hydroxylation is 1. The minimum Gasteiger partial charge on any atom is -0.395 e. The molecule has 0 amide bonds. The van der Waals surface area contributed by atoms with Crippen LogP contribution in [0.25, 0.3) is 0 Å². The molecule has 1 fully saturated rings. The summed E-state index contributed by atoms with van der Waals surface area (Å²) < 4.78 is 0. The zero-order valence-electron chi connectivity index (χ0n) is 21.0. The van der Waals surface area contributed by atoms with E-state index < -0.39 is 11.1 Å². The van der Waals surface area contributed by atoms with E-state index in [-0.39, 0.29) is 12.6 Å². The SMILES string of the molecule is Cc1ccc(C(c2ccccc2)(c2ccccc2)N2C(CO)C2(c2ccccc2)c2ccccc2)cc1. The van der Waals surface area contributed by atoms with Crippen LogP contribution in [0.15, 0.2) is 146 Å². The molecule has 0 radical (unpaired) electrons. The number of rotatable bonds is 7. The summed E-state index contributed by atoms with van der Waals surface area (Å²) in [6.07, 6.45) is 0. The Bertz CT molecular complexity index is 1370. The van der Waals surface area contributed by atoms with Crippen molar-refractivity contribution in [3.8, 4) is 0 Å². The Morgan fingerprint density at radius 3 is 1.35 bits per heavy atom. The van der Waals surface area contributed by atoms with Crippen molar-refractivity contribution in [3.63, 3.8) is 0 Å². The fourth-order valence-electron chi connectivity index (χ4n) is 6.34. The highest BCUT2D eigenvalue weighted by Crippen LogP contribution is 2.64. The van der Waals surface area contributed by atoms with E-state index in [9.17, 15) is 5.11 Å². The van der Waals surface area contributed by atoms with Crippen molar-refractivity contribution in [2.24, 2.45) is 0 Å². The Kier molecular flexibility index (Phi) is 6.00. The van der Waals surface area contributed by atoms with Crippen molar-refractivity contribution < 1.29 is 5.11 Å². The van der Waals surface area contributed by atoms with Crippen LogP contribution < -0.4 is 0 Å². The lowest BCUT2D eigenvalue weighted by Gasteiger charge is -2.40. The summed E-state index contributed by atoms with van der Waals surface area (Å²) in [5, 5.41) is 11.0. The first-order valence-electron chi connectivity index (χ1n) is 12.9. The highest BCUT2D eigenvalue weighted by Gasteiger charge is 2.71. The fraction of sp³-hybridized carbons (Fsp3) is 0.143. The van der Waals surface area contributed by atoms with Crippen molar-refractivity contribution >= 4 is 0 Å². The maximum absolute atomic E-state index is 11.0. The van der Waals surface area contributed by atoms with Gasteiger partial charge in [-0.2, -0.15) is 0 Å². The standard InChI is InChI=1S/C35H31NO/c1-27-22-24-32(25-23-27)34(28-14-6-2-7-15-28,29-16-8-3-9-17-29)36-33(26-37)35(36,30-18-10-4-11-19-30)31-20-12-5-13-21-31/h2-25,33,37H,26H2,1H3. The molecule has 0 spiro atoms. The van der Waals surface area contributed by atoms with Gasteiger partial charge in [0.2, 0.25) is 0 Å². The van der Waals surface area contributed by atoms with Crippen LogP contribution in [0.5, 0.6) is 0 Å². The zero-order chi connectivity index (χ0) is 25.3. The summed E-state index contributed by atoms with van der Waals surface area (Å²) in [5.74, 6) is 0. The van der Waals surface area contributed by atoms with Crippen molar-refractivity contribution in [1.29, 1.82) is 0 Å². The summed E-state index contributed by atoms with van der Waals surface area (Å²) in [7, 11) is 0. The predicted octanol–water partition coefficient (Wildman–Crippen LogP) is 6.91. The normalized spacial score (nSPS) is 18.3. The second-order valence-corrected chi connectivity index (χ2v) is 9.88. The molecule has 37 heavy (non-hydrogen) atoms. The van der Waals surface area contributed by atoms with Gasteiger partial charge in [-0.05, 0) is 34.7 Å². The summed E-state index contributed by atoms with van der Waals surface area (Å²) >= 11 is 0. The number of aliphatic hydroxyl groups is 1. The molecule has 1 aliphatic rings. The average molecular weight is 482 g/mol. The van der Waals surface area contributed by atoms with Crippen molar-refractivity contribution in [1.82, 2.24) is 4.90 Å². The van der Waals surface area contributed by atoms with Crippen LogP contribution in [0.2, 0.25) is 0 Å². The molecule has 1 saturated heterocycles. The highest BCUT2D eigenvalue weighted by molar-refractivity contribution is 5.58. The Morgan fingerprint density at radius 2 is 0.946 bits per heavy atom. The maximum Gasteiger partial charge on any atom is 0.0987 e. The molecule has 5 aromatic carbocycles. The molecule has 0 aliphatic carbocycles. The number of hydrogen-bond acceptors (Lipinski definition) is 2. The molecule has 1 N–H and O–H groups in total. The summed E-state index contributed by atoms with van der Waals surface area (Å²) in [4.78, 5) is 2.54. The molecule has 1 aliphatic heterocycles. The van der Waals surface area contributed by atoms with Crippen LogP contribution in [-0.4, -0.2) is 22.7 Å². The van der Waals surface area contributed by atoms with Gasteiger partial charge in [0.1, 0.15) is 0 Å². The molecule has 5 aromatic rings. The van der Waals surface area contributed by atoms with Gasteiger partial charge in [0, 0.05) is 0 Å². The van der Waals surface area contributed by atoms with Crippen LogP contribution in [0.3, 0.4) is 0 Å². The van der Waals surface area contributed by atoms with Crippen LogP contribution in [0, 0.1) is 6.92 Å². The highest BCUT2D eigenvalue weighted by atomic mass is 16.3. The van der Waals surface area contributed by atoms with Crippen LogP contribution in [-0.2, 0) is 11.1 Å². The second-order valence-electron chi connectivity index (χ2n) is 9.88. The third-order valence-corrected chi connectivity index (χ3v) is 7.92. The molecule has 2 atom stereocenters. The van der Waals surface area contributed by atoms with Gasteiger partial charge in [-0.3, -0.25) is 4.90 Å². The van der Waals surface area contributed by atoms with Gasteiger partial charge < -0.3 is 5.11 Å². The fourth-order valence-corrected chi connectivity index (χ4v) is 6.34. The second kappa shape index (κ2) is 9.48. The van der Waals surface area contributed by atoms with Gasteiger partial charge in [-0.1, -0.05) is 151 Å². The number of benzene rings is 5.